The van der Waals surface area contributed by atoms with Gasteiger partial charge in [0.05, 0.1) is 11.9 Å². The predicted molar refractivity (Wildman–Crippen MR) is 78.7 cm³/mol. The topological polar surface area (TPSA) is 69.6 Å². The molecule has 2 unspecified atom stereocenters. The molecule has 2 amide bonds. The first-order chi connectivity index (χ1) is 9.49. The van der Waals surface area contributed by atoms with Gasteiger partial charge < -0.3 is 15.3 Å². The Kier molecular flexibility index (Phi) is 4.54. The number of hydrogen-bond donors (Lipinski definition) is 2. The van der Waals surface area contributed by atoms with Gasteiger partial charge in [0.1, 0.15) is 6.04 Å². The van der Waals surface area contributed by atoms with E-state index in [9.17, 15) is 9.59 Å². The third kappa shape index (κ3) is 3.25. The second-order valence-corrected chi connectivity index (χ2v) is 5.91. The van der Waals surface area contributed by atoms with Crippen molar-refractivity contribution >= 4 is 23.8 Å². The van der Waals surface area contributed by atoms with Crippen molar-refractivity contribution < 1.29 is 14.7 Å². The zero-order valence-electron chi connectivity index (χ0n) is 11.5. The van der Waals surface area contributed by atoms with E-state index in [1.54, 1.807) is 0 Å². The fourth-order valence-electron chi connectivity index (χ4n) is 2.05. The molecule has 2 rings (SSSR count). The SMILES string of the molecule is Cc1ccc(C(C)NC(=O)N2CSCC2C(=O)O)cc1. The van der Waals surface area contributed by atoms with Crippen LogP contribution < -0.4 is 5.32 Å². The molecule has 0 spiro atoms. The number of nitrogens with zero attached hydrogens (tertiary/aromatic N) is 1. The smallest absolute Gasteiger partial charge is 0.327 e. The summed E-state index contributed by atoms with van der Waals surface area (Å²) >= 11 is 1.46. The molecule has 1 aliphatic rings. The van der Waals surface area contributed by atoms with Crippen molar-refractivity contribution in [3.63, 3.8) is 0 Å². The molecule has 5 nitrogen and oxygen atoms in total. The van der Waals surface area contributed by atoms with Crippen molar-refractivity contribution in [2.45, 2.75) is 25.9 Å². The minimum atomic E-state index is -0.951. The quantitative estimate of drug-likeness (QED) is 0.897. The Morgan fingerprint density at radius 1 is 1.40 bits per heavy atom. The molecule has 0 bridgehead atoms. The van der Waals surface area contributed by atoms with Crippen LogP contribution in [0.25, 0.3) is 0 Å². The molecule has 1 aromatic carbocycles. The molecule has 1 heterocycles. The molecule has 1 aliphatic heterocycles. The van der Waals surface area contributed by atoms with Gasteiger partial charge in [-0.25, -0.2) is 9.59 Å². The molecule has 1 saturated heterocycles. The molecule has 20 heavy (non-hydrogen) atoms. The van der Waals surface area contributed by atoms with Crippen molar-refractivity contribution in [1.29, 1.82) is 0 Å². The monoisotopic (exact) mass is 294 g/mol. The normalized spacial score (nSPS) is 19.7. The number of aliphatic carboxylic acids is 1. The van der Waals surface area contributed by atoms with Crippen molar-refractivity contribution in [3.05, 3.63) is 35.4 Å². The Balaban J connectivity index is 2.00. The number of thioether (sulfide) groups is 1. The summed E-state index contributed by atoms with van der Waals surface area (Å²) in [6.45, 7) is 3.90. The van der Waals surface area contributed by atoms with Gasteiger partial charge in [0.15, 0.2) is 0 Å². The number of urea groups is 1. The first-order valence-electron chi connectivity index (χ1n) is 6.43. The highest BCUT2D eigenvalue weighted by atomic mass is 32.2. The van der Waals surface area contributed by atoms with Crippen LogP contribution in [0.15, 0.2) is 24.3 Å². The number of benzene rings is 1. The Bertz CT molecular complexity index is 504. The highest BCUT2D eigenvalue weighted by molar-refractivity contribution is 7.99. The zero-order valence-corrected chi connectivity index (χ0v) is 12.3. The van der Waals surface area contributed by atoms with Gasteiger partial charge in [-0.1, -0.05) is 29.8 Å². The van der Waals surface area contributed by atoms with Gasteiger partial charge in [0, 0.05) is 5.75 Å². The van der Waals surface area contributed by atoms with Gasteiger partial charge in [-0.2, -0.15) is 0 Å². The molecular formula is C14H18N2O3S. The molecule has 0 aliphatic carbocycles. The number of amides is 2. The van der Waals surface area contributed by atoms with E-state index in [0.29, 0.717) is 11.6 Å². The number of rotatable bonds is 3. The lowest BCUT2D eigenvalue weighted by molar-refractivity contribution is -0.140. The van der Waals surface area contributed by atoms with Gasteiger partial charge in [0.2, 0.25) is 0 Å². The summed E-state index contributed by atoms with van der Waals surface area (Å²) in [5.41, 5.74) is 2.16. The summed E-state index contributed by atoms with van der Waals surface area (Å²) in [7, 11) is 0. The first-order valence-corrected chi connectivity index (χ1v) is 7.58. The number of carboxylic acids is 1. The Morgan fingerprint density at radius 2 is 2.05 bits per heavy atom. The van der Waals surface area contributed by atoms with E-state index in [1.165, 1.54) is 16.7 Å². The van der Waals surface area contributed by atoms with E-state index in [4.69, 9.17) is 5.11 Å². The second kappa shape index (κ2) is 6.17. The van der Waals surface area contributed by atoms with Gasteiger partial charge in [-0.05, 0) is 19.4 Å². The van der Waals surface area contributed by atoms with Gasteiger partial charge in [0.25, 0.3) is 0 Å². The van der Waals surface area contributed by atoms with Crippen molar-refractivity contribution in [2.75, 3.05) is 11.6 Å². The lowest BCUT2D eigenvalue weighted by atomic mass is 10.1. The molecule has 0 radical (unpaired) electrons. The average molecular weight is 294 g/mol. The van der Waals surface area contributed by atoms with E-state index < -0.39 is 12.0 Å². The number of carbonyl (C=O) groups is 2. The molecule has 0 saturated carbocycles. The summed E-state index contributed by atoms with van der Waals surface area (Å²) in [6, 6.07) is 6.71. The van der Waals surface area contributed by atoms with Crippen LogP contribution in [0.3, 0.4) is 0 Å². The van der Waals surface area contributed by atoms with E-state index in [0.717, 1.165) is 11.1 Å². The average Bonchev–Trinajstić information content (AvgIpc) is 2.88. The first kappa shape index (κ1) is 14.7. The summed E-state index contributed by atoms with van der Waals surface area (Å²) < 4.78 is 0. The number of aryl methyl sites for hydroxylation is 1. The Labute approximate surface area is 122 Å². The van der Waals surface area contributed by atoms with Crippen LogP contribution >= 0.6 is 11.8 Å². The van der Waals surface area contributed by atoms with Crippen molar-refractivity contribution in [2.24, 2.45) is 0 Å². The van der Waals surface area contributed by atoms with Crippen LogP contribution in [0.2, 0.25) is 0 Å². The van der Waals surface area contributed by atoms with Crippen LogP contribution in [0.5, 0.6) is 0 Å². The largest absolute Gasteiger partial charge is 0.480 e. The molecule has 6 heteroatoms. The number of carbonyl (C=O) groups excluding carboxylic acids is 1. The highest BCUT2D eigenvalue weighted by Gasteiger charge is 2.34. The number of nitrogens with one attached hydrogen (secondary N) is 1. The maximum Gasteiger partial charge on any atom is 0.327 e. The summed E-state index contributed by atoms with van der Waals surface area (Å²) in [4.78, 5) is 24.6. The van der Waals surface area contributed by atoms with Crippen LogP contribution in [-0.4, -0.2) is 39.7 Å². The summed E-state index contributed by atoms with van der Waals surface area (Å²) in [6.07, 6.45) is 0. The number of carboxylic acid groups (broad SMARTS) is 1. The summed E-state index contributed by atoms with van der Waals surface area (Å²) in [5.74, 6) is -0.0846. The van der Waals surface area contributed by atoms with Crippen molar-refractivity contribution in [3.8, 4) is 0 Å². The number of hydrogen-bond acceptors (Lipinski definition) is 3. The van der Waals surface area contributed by atoms with E-state index in [-0.39, 0.29) is 12.1 Å². The maximum absolute atomic E-state index is 12.1. The fourth-order valence-corrected chi connectivity index (χ4v) is 3.20. The van der Waals surface area contributed by atoms with Crippen LogP contribution in [0.1, 0.15) is 24.1 Å². The van der Waals surface area contributed by atoms with Crippen LogP contribution in [0.4, 0.5) is 4.79 Å². The van der Waals surface area contributed by atoms with E-state index >= 15 is 0 Å². The summed E-state index contributed by atoms with van der Waals surface area (Å²) in [5, 5.41) is 11.9. The van der Waals surface area contributed by atoms with Crippen LogP contribution in [0, 0.1) is 6.92 Å². The standard InChI is InChI=1S/C14H18N2O3S/c1-9-3-5-11(6-4-9)10(2)15-14(19)16-8-20-7-12(16)13(17)18/h3-6,10,12H,7-8H2,1-2H3,(H,15,19)(H,17,18). The third-order valence-electron chi connectivity index (χ3n) is 3.35. The third-order valence-corrected chi connectivity index (χ3v) is 4.36. The fraction of sp³-hybridized carbons (Fsp3) is 0.429. The van der Waals surface area contributed by atoms with Crippen LogP contribution in [-0.2, 0) is 4.79 Å². The molecule has 2 N–H and O–H groups in total. The Hall–Kier alpha value is -1.69. The highest BCUT2D eigenvalue weighted by Crippen LogP contribution is 2.22. The van der Waals surface area contributed by atoms with Gasteiger partial charge in [-0.3, -0.25) is 0 Å². The van der Waals surface area contributed by atoms with E-state index in [1.807, 2.05) is 38.1 Å². The maximum atomic E-state index is 12.1. The lowest BCUT2D eigenvalue weighted by Gasteiger charge is -2.23. The van der Waals surface area contributed by atoms with Gasteiger partial charge in [-0.15, -0.1) is 11.8 Å². The molecule has 2 atom stereocenters. The molecule has 1 fully saturated rings. The second-order valence-electron chi connectivity index (χ2n) is 4.91. The zero-order chi connectivity index (χ0) is 14.7. The molecule has 108 valence electrons. The van der Waals surface area contributed by atoms with E-state index in [2.05, 4.69) is 5.32 Å². The lowest BCUT2D eigenvalue weighted by Crippen LogP contribution is -2.47. The Morgan fingerprint density at radius 3 is 2.65 bits per heavy atom. The predicted octanol–water partition coefficient (Wildman–Crippen LogP) is 2.23. The van der Waals surface area contributed by atoms with Crippen molar-refractivity contribution in [1.82, 2.24) is 10.2 Å². The molecule has 0 aromatic heterocycles. The molecule has 1 aromatic rings. The van der Waals surface area contributed by atoms with Gasteiger partial charge >= 0.3 is 12.0 Å². The molecular weight excluding hydrogens is 276 g/mol. The minimum absolute atomic E-state index is 0.150. The minimum Gasteiger partial charge on any atom is -0.480 e.